The second kappa shape index (κ2) is 23.3. The van der Waals surface area contributed by atoms with Gasteiger partial charge in [-0.2, -0.15) is 0 Å². The maximum Gasteiger partial charge on any atom is 0.256 e. The third kappa shape index (κ3) is 14.0. The fourth-order valence-electron chi connectivity index (χ4n) is 6.00. The molecule has 56 heavy (non-hydrogen) atoms. The summed E-state index contributed by atoms with van der Waals surface area (Å²) >= 11 is 0. The number of nitrogens with zero attached hydrogens (tertiary/aromatic N) is 3. The van der Waals surface area contributed by atoms with Crippen LogP contribution in [0.15, 0.2) is 30.3 Å². The Morgan fingerprint density at radius 1 is 0.982 bits per heavy atom. The minimum Gasteiger partial charge on any atom is -0.394 e. The molecule has 0 aliphatic carbocycles. The Kier molecular flexibility index (Phi) is 19.7. The Morgan fingerprint density at radius 3 is 2.21 bits per heavy atom. The number of amides is 7. The summed E-state index contributed by atoms with van der Waals surface area (Å²) in [6, 6.07) is -0.987. The highest BCUT2D eigenvalue weighted by molar-refractivity contribution is 5.96. The van der Waals surface area contributed by atoms with Crippen LogP contribution in [0.5, 0.6) is 0 Å². The number of likely N-dealkylation sites (N-methyl/N-ethyl adjacent to an activating group) is 1. The van der Waals surface area contributed by atoms with E-state index >= 15 is 0 Å². The lowest BCUT2D eigenvalue weighted by Crippen LogP contribution is -2.63. The number of primary amides is 1. The molecule has 1 aromatic carbocycles. The minimum atomic E-state index is -1.73. The number of hydrazine groups is 2. The standard InChI is InChI=1S/C34H57N11O11/c1-19(49)28-32(54)42-24(18-48)31(53)41-23(30(52)40-21(16-46)15-44(37)26(29(36)51)14-20-8-4-3-5-9-20)10-6-7-13-39-27(50)12-11-25(34(56)43(28)2)45(38)33(55)22(35)17-47/h3-5,8-9,19,21-26,28,46-49H,6-7,10-18,35,37-38H2,1-2H3,(H2,36,51)(H,39,50)(H,40,52)(H,41,53)(H,42,54)/t19?,21-,22+,23+,24+,25+,26+,28+/m1/s1. The van der Waals surface area contributed by atoms with Gasteiger partial charge in [-0.1, -0.05) is 30.3 Å². The predicted molar refractivity (Wildman–Crippen MR) is 198 cm³/mol. The van der Waals surface area contributed by atoms with Gasteiger partial charge in [0.2, 0.25) is 35.4 Å². The van der Waals surface area contributed by atoms with Crippen molar-refractivity contribution in [3.8, 4) is 0 Å². The monoisotopic (exact) mass is 795 g/mol. The fourth-order valence-corrected chi connectivity index (χ4v) is 6.00. The van der Waals surface area contributed by atoms with Crippen LogP contribution in [-0.2, 0) is 40.0 Å². The van der Waals surface area contributed by atoms with Gasteiger partial charge in [-0.05, 0) is 44.6 Å². The van der Waals surface area contributed by atoms with Crippen molar-refractivity contribution in [2.24, 2.45) is 23.2 Å². The number of carbonyl (C=O) groups is 7. The van der Waals surface area contributed by atoms with Crippen LogP contribution in [0.2, 0.25) is 0 Å². The van der Waals surface area contributed by atoms with Crippen molar-refractivity contribution in [3.05, 3.63) is 35.9 Å². The van der Waals surface area contributed by atoms with Gasteiger partial charge in [0.15, 0.2) is 0 Å². The van der Waals surface area contributed by atoms with Crippen LogP contribution in [0.1, 0.15) is 44.6 Å². The summed E-state index contributed by atoms with van der Waals surface area (Å²) in [5.41, 5.74) is 12.0. The molecule has 7 amide bonds. The topological polar surface area (TPSA) is 362 Å². The van der Waals surface area contributed by atoms with Gasteiger partial charge < -0.3 is 58.1 Å². The van der Waals surface area contributed by atoms with Crippen LogP contribution < -0.4 is 44.4 Å². The summed E-state index contributed by atoms with van der Waals surface area (Å²) in [6.45, 7) is -1.39. The molecule has 1 aromatic rings. The highest BCUT2D eigenvalue weighted by atomic mass is 16.3. The van der Waals surface area contributed by atoms with Crippen molar-refractivity contribution in [1.29, 1.82) is 0 Å². The molecule has 1 unspecified atom stereocenters. The van der Waals surface area contributed by atoms with Crippen LogP contribution in [0, 0.1) is 0 Å². The van der Waals surface area contributed by atoms with Crippen LogP contribution in [0.3, 0.4) is 0 Å². The molecule has 0 spiro atoms. The Labute approximate surface area is 324 Å². The highest BCUT2D eigenvalue weighted by Crippen LogP contribution is 2.15. The molecule has 1 aliphatic rings. The molecule has 22 nitrogen and oxygen atoms in total. The van der Waals surface area contributed by atoms with E-state index < -0.39 is 110 Å². The average Bonchev–Trinajstić information content (AvgIpc) is 3.16. The van der Waals surface area contributed by atoms with E-state index in [0.717, 1.165) is 29.4 Å². The number of hydrogen-bond donors (Lipinski definition) is 12. The van der Waals surface area contributed by atoms with Crippen molar-refractivity contribution < 1.29 is 54.0 Å². The van der Waals surface area contributed by atoms with E-state index in [1.807, 2.05) is 0 Å². The molecule has 0 radical (unpaired) electrons. The van der Waals surface area contributed by atoms with Crippen molar-refractivity contribution in [1.82, 2.24) is 36.2 Å². The minimum absolute atomic E-state index is 0.0209. The van der Waals surface area contributed by atoms with E-state index in [1.54, 1.807) is 30.3 Å². The Hall–Kier alpha value is -4.81. The summed E-state index contributed by atoms with van der Waals surface area (Å²) in [4.78, 5) is 92.8. The van der Waals surface area contributed by atoms with Crippen LogP contribution in [-0.4, -0.2) is 165 Å². The van der Waals surface area contributed by atoms with Crippen molar-refractivity contribution in [3.63, 3.8) is 0 Å². The SMILES string of the molecule is CC(O)[C@H]1C(=O)N[C@@H](CO)C(=O)N[C@H](C(=O)N[C@@H](CO)CN(N)[C@@H](Cc2ccccc2)C(N)=O)CCCCNC(=O)CC[C@H](N(N)C(=O)[C@@H](N)CO)C(=O)N1C. The molecule has 0 aromatic heterocycles. The molecular weight excluding hydrogens is 738 g/mol. The van der Waals surface area contributed by atoms with Crippen molar-refractivity contribution in [2.75, 3.05) is 40.0 Å². The predicted octanol–water partition coefficient (Wildman–Crippen LogP) is -6.62. The van der Waals surface area contributed by atoms with Gasteiger partial charge in [0.25, 0.3) is 5.91 Å². The highest BCUT2D eigenvalue weighted by Gasteiger charge is 2.40. The van der Waals surface area contributed by atoms with E-state index in [-0.39, 0.29) is 45.2 Å². The van der Waals surface area contributed by atoms with Crippen LogP contribution in [0.25, 0.3) is 0 Å². The van der Waals surface area contributed by atoms with Crippen molar-refractivity contribution in [2.45, 2.75) is 93.8 Å². The van der Waals surface area contributed by atoms with E-state index in [1.165, 1.54) is 0 Å². The maximum absolute atomic E-state index is 13.7. The second-order valence-electron chi connectivity index (χ2n) is 13.6. The Bertz CT molecular complexity index is 1490. The van der Waals surface area contributed by atoms with E-state index in [9.17, 15) is 54.0 Å². The smallest absolute Gasteiger partial charge is 0.256 e. The number of aliphatic hydroxyl groups excluding tert-OH is 4. The zero-order valence-corrected chi connectivity index (χ0v) is 31.6. The first kappa shape index (κ1) is 47.3. The zero-order valence-electron chi connectivity index (χ0n) is 31.6. The Morgan fingerprint density at radius 2 is 1.64 bits per heavy atom. The molecule has 1 saturated heterocycles. The summed E-state index contributed by atoms with van der Waals surface area (Å²) in [6.07, 6.45) is -1.63. The van der Waals surface area contributed by atoms with E-state index in [0.29, 0.717) is 11.4 Å². The number of hydrogen-bond acceptors (Lipinski definition) is 15. The summed E-state index contributed by atoms with van der Waals surface area (Å²) < 4.78 is 0. The normalized spacial score (nSPS) is 23.0. The molecule has 0 bridgehead atoms. The molecule has 314 valence electrons. The van der Waals surface area contributed by atoms with Crippen molar-refractivity contribution >= 4 is 41.4 Å². The molecule has 8 atom stereocenters. The summed E-state index contributed by atoms with van der Waals surface area (Å²) in [5.74, 6) is 5.88. The number of carbonyl (C=O) groups excluding carboxylic acids is 7. The third-order valence-corrected chi connectivity index (χ3v) is 9.21. The summed E-state index contributed by atoms with van der Waals surface area (Å²) in [5, 5.41) is 51.7. The van der Waals surface area contributed by atoms with Crippen LogP contribution >= 0.6 is 0 Å². The number of aliphatic hydroxyl groups is 4. The molecule has 1 aliphatic heterocycles. The molecular formula is C34H57N11O11. The first-order valence-electron chi connectivity index (χ1n) is 18.1. The number of rotatable bonds is 14. The van der Waals surface area contributed by atoms with Gasteiger partial charge >= 0.3 is 0 Å². The second-order valence-corrected chi connectivity index (χ2v) is 13.6. The first-order valence-corrected chi connectivity index (χ1v) is 18.1. The average molecular weight is 796 g/mol. The Balaban J connectivity index is 2.34. The molecule has 16 N–H and O–H groups in total. The molecule has 1 heterocycles. The number of benzene rings is 1. The van der Waals surface area contributed by atoms with Gasteiger partial charge in [-0.3, -0.25) is 44.4 Å². The van der Waals surface area contributed by atoms with Gasteiger partial charge in [-0.15, -0.1) is 0 Å². The lowest BCUT2D eigenvalue weighted by Gasteiger charge is -2.36. The van der Waals surface area contributed by atoms with E-state index in [4.69, 9.17) is 23.2 Å². The lowest BCUT2D eigenvalue weighted by atomic mass is 10.0. The first-order chi connectivity index (χ1) is 26.5. The number of nitrogens with one attached hydrogen (secondary N) is 4. The summed E-state index contributed by atoms with van der Waals surface area (Å²) in [7, 11) is 1.11. The largest absolute Gasteiger partial charge is 0.394 e. The van der Waals surface area contributed by atoms with Gasteiger partial charge in [0.05, 0.1) is 32.0 Å². The molecule has 2 rings (SSSR count). The molecule has 0 saturated carbocycles. The molecule has 22 heteroatoms. The number of nitrogens with two attached hydrogens (primary N) is 4. The quantitative estimate of drug-likeness (QED) is 0.0473. The maximum atomic E-state index is 13.7. The zero-order chi connectivity index (χ0) is 42.1. The van der Waals surface area contributed by atoms with Gasteiger partial charge in [0, 0.05) is 26.6 Å². The third-order valence-electron chi connectivity index (χ3n) is 9.21. The van der Waals surface area contributed by atoms with E-state index in [2.05, 4.69) is 21.3 Å². The van der Waals surface area contributed by atoms with Gasteiger partial charge in [0.1, 0.15) is 36.3 Å². The van der Waals surface area contributed by atoms with Crippen LogP contribution in [0.4, 0.5) is 0 Å². The molecule has 1 fully saturated rings. The van der Waals surface area contributed by atoms with Gasteiger partial charge in [-0.25, -0.2) is 10.9 Å². The lowest BCUT2D eigenvalue weighted by molar-refractivity contribution is -0.152. The fraction of sp³-hybridized carbons (Fsp3) is 0.618.